The van der Waals surface area contributed by atoms with Crippen molar-refractivity contribution in [2.24, 2.45) is 0 Å². The summed E-state index contributed by atoms with van der Waals surface area (Å²) in [7, 11) is 0. The van der Waals surface area contributed by atoms with Crippen LogP contribution in [0.2, 0.25) is 0 Å². The number of H-pyrrole nitrogens is 1. The van der Waals surface area contributed by atoms with Gasteiger partial charge < -0.3 is 10.7 Å². The second-order valence-corrected chi connectivity index (χ2v) is 3.73. The van der Waals surface area contributed by atoms with Gasteiger partial charge in [-0.1, -0.05) is 27.7 Å². The van der Waals surface area contributed by atoms with Crippen molar-refractivity contribution in [2.75, 3.05) is 5.73 Å². The van der Waals surface area contributed by atoms with Crippen molar-refractivity contribution in [3.8, 4) is 0 Å². The van der Waals surface area contributed by atoms with E-state index in [1.165, 1.54) is 0 Å². The minimum absolute atomic E-state index is 0.416. The zero-order valence-electron chi connectivity index (χ0n) is 8.18. The first kappa shape index (κ1) is 9.10. The fourth-order valence-electron chi connectivity index (χ4n) is 1.13. The first-order valence-corrected chi connectivity index (χ1v) is 4.37. The van der Waals surface area contributed by atoms with Gasteiger partial charge in [0.15, 0.2) is 0 Å². The SMILES string of the molecule is CC(C)c1nc(N)c(C(C)C)[nH]1. The minimum atomic E-state index is 0.416. The smallest absolute Gasteiger partial charge is 0.145 e. The Bertz CT molecular complexity index is 261. The van der Waals surface area contributed by atoms with Gasteiger partial charge in [-0.3, -0.25) is 0 Å². The number of nitrogens with one attached hydrogen (secondary N) is 1. The third-order valence-corrected chi connectivity index (χ3v) is 1.90. The number of aromatic nitrogens is 2. The standard InChI is InChI=1S/C9H17N3/c1-5(2)7-8(10)12-9(11-7)6(3)4/h5-6H,10H2,1-4H3,(H,11,12). The highest BCUT2D eigenvalue weighted by Crippen LogP contribution is 2.21. The second-order valence-electron chi connectivity index (χ2n) is 3.73. The maximum Gasteiger partial charge on any atom is 0.145 e. The molecule has 1 heterocycles. The quantitative estimate of drug-likeness (QED) is 0.709. The maximum atomic E-state index is 5.74. The van der Waals surface area contributed by atoms with Crippen LogP contribution in [0, 0.1) is 0 Å². The van der Waals surface area contributed by atoms with Crippen LogP contribution < -0.4 is 5.73 Å². The lowest BCUT2D eigenvalue weighted by molar-refractivity contribution is 0.771. The van der Waals surface area contributed by atoms with Crippen LogP contribution in [-0.4, -0.2) is 9.97 Å². The van der Waals surface area contributed by atoms with Crippen LogP contribution in [0.25, 0.3) is 0 Å². The van der Waals surface area contributed by atoms with E-state index in [4.69, 9.17) is 5.73 Å². The van der Waals surface area contributed by atoms with E-state index >= 15 is 0 Å². The lowest BCUT2D eigenvalue weighted by Gasteiger charge is -2.01. The van der Waals surface area contributed by atoms with E-state index in [0.29, 0.717) is 17.7 Å². The lowest BCUT2D eigenvalue weighted by Crippen LogP contribution is -1.94. The third-order valence-electron chi connectivity index (χ3n) is 1.90. The highest BCUT2D eigenvalue weighted by Gasteiger charge is 2.11. The summed E-state index contributed by atoms with van der Waals surface area (Å²) in [6, 6.07) is 0. The van der Waals surface area contributed by atoms with Crippen LogP contribution in [0.4, 0.5) is 5.82 Å². The summed E-state index contributed by atoms with van der Waals surface area (Å²) in [6.07, 6.45) is 0. The number of hydrogen-bond acceptors (Lipinski definition) is 2. The summed E-state index contributed by atoms with van der Waals surface area (Å²) in [5.74, 6) is 2.47. The topological polar surface area (TPSA) is 54.7 Å². The third kappa shape index (κ3) is 1.60. The normalized spacial score (nSPS) is 11.5. The van der Waals surface area contributed by atoms with Gasteiger partial charge in [0.1, 0.15) is 11.6 Å². The van der Waals surface area contributed by atoms with E-state index in [-0.39, 0.29) is 0 Å². The van der Waals surface area contributed by atoms with E-state index in [2.05, 4.69) is 37.7 Å². The molecular weight excluding hydrogens is 150 g/mol. The van der Waals surface area contributed by atoms with Gasteiger partial charge in [0.2, 0.25) is 0 Å². The number of rotatable bonds is 2. The van der Waals surface area contributed by atoms with Crippen molar-refractivity contribution < 1.29 is 0 Å². The molecule has 12 heavy (non-hydrogen) atoms. The van der Waals surface area contributed by atoms with Crippen molar-refractivity contribution in [1.29, 1.82) is 0 Å². The Labute approximate surface area is 73.4 Å². The summed E-state index contributed by atoms with van der Waals surface area (Å²) in [6.45, 7) is 8.41. The number of imidazole rings is 1. The average molecular weight is 167 g/mol. The van der Waals surface area contributed by atoms with Crippen LogP contribution in [0.15, 0.2) is 0 Å². The monoisotopic (exact) mass is 167 g/mol. The number of hydrogen-bond donors (Lipinski definition) is 2. The molecule has 0 aromatic carbocycles. The summed E-state index contributed by atoms with van der Waals surface area (Å²) in [5, 5.41) is 0. The Hall–Kier alpha value is -0.990. The first-order chi connectivity index (χ1) is 5.52. The van der Waals surface area contributed by atoms with Crippen molar-refractivity contribution >= 4 is 5.82 Å². The molecule has 1 rings (SSSR count). The molecule has 3 N–H and O–H groups in total. The van der Waals surface area contributed by atoms with Gasteiger partial charge in [-0.25, -0.2) is 4.98 Å². The number of nitrogen functional groups attached to an aromatic ring is 1. The number of aromatic amines is 1. The molecule has 3 heteroatoms. The number of nitrogens with two attached hydrogens (primary N) is 1. The zero-order valence-corrected chi connectivity index (χ0v) is 8.18. The van der Waals surface area contributed by atoms with Crippen molar-refractivity contribution in [1.82, 2.24) is 9.97 Å². The molecule has 0 atom stereocenters. The van der Waals surface area contributed by atoms with E-state index in [1.54, 1.807) is 0 Å². The molecule has 0 spiro atoms. The summed E-state index contributed by atoms with van der Waals surface area (Å²) in [5.41, 5.74) is 6.79. The average Bonchev–Trinajstić information content (AvgIpc) is 2.30. The fourth-order valence-corrected chi connectivity index (χ4v) is 1.13. The first-order valence-electron chi connectivity index (χ1n) is 4.37. The molecule has 1 aromatic heterocycles. The molecule has 0 aliphatic rings. The van der Waals surface area contributed by atoms with Crippen LogP contribution >= 0.6 is 0 Å². The van der Waals surface area contributed by atoms with Gasteiger partial charge >= 0.3 is 0 Å². The predicted octanol–water partition coefficient (Wildman–Crippen LogP) is 2.24. The predicted molar refractivity (Wildman–Crippen MR) is 51.2 cm³/mol. The Morgan fingerprint density at radius 1 is 1.17 bits per heavy atom. The Morgan fingerprint density at radius 2 is 1.75 bits per heavy atom. The van der Waals surface area contributed by atoms with Crippen LogP contribution in [0.3, 0.4) is 0 Å². The van der Waals surface area contributed by atoms with Gasteiger partial charge in [-0.15, -0.1) is 0 Å². The van der Waals surface area contributed by atoms with Gasteiger partial charge in [-0.2, -0.15) is 0 Å². The molecule has 0 aliphatic carbocycles. The molecule has 0 amide bonds. The molecule has 0 saturated carbocycles. The molecule has 0 radical (unpaired) electrons. The molecule has 0 fully saturated rings. The lowest BCUT2D eigenvalue weighted by atomic mass is 10.1. The second kappa shape index (κ2) is 3.17. The maximum absolute atomic E-state index is 5.74. The molecule has 0 saturated heterocycles. The molecule has 0 aliphatic heterocycles. The highest BCUT2D eigenvalue weighted by atomic mass is 15.0. The van der Waals surface area contributed by atoms with Crippen LogP contribution in [0.1, 0.15) is 51.0 Å². The van der Waals surface area contributed by atoms with Crippen LogP contribution in [-0.2, 0) is 0 Å². The van der Waals surface area contributed by atoms with Crippen LogP contribution in [0.5, 0.6) is 0 Å². The van der Waals surface area contributed by atoms with Crippen molar-refractivity contribution in [2.45, 2.75) is 39.5 Å². The molecule has 1 aromatic rings. The zero-order chi connectivity index (χ0) is 9.30. The number of anilines is 1. The summed E-state index contributed by atoms with van der Waals surface area (Å²) in [4.78, 5) is 7.50. The van der Waals surface area contributed by atoms with Gasteiger partial charge in [0, 0.05) is 5.92 Å². The molecule has 3 nitrogen and oxygen atoms in total. The largest absolute Gasteiger partial charge is 0.382 e. The molecule has 68 valence electrons. The van der Waals surface area contributed by atoms with Crippen molar-refractivity contribution in [3.63, 3.8) is 0 Å². The minimum Gasteiger partial charge on any atom is -0.382 e. The molecular formula is C9H17N3. The van der Waals surface area contributed by atoms with Gasteiger partial charge in [-0.05, 0) is 5.92 Å². The van der Waals surface area contributed by atoms with E-state index in [9.17, 15) is 0 Å². The molecule has 0 bridgehead atoms. The summed E-state index contributed by atoms with van der Waals surface area (Å²) < 4.78 is 0. The molecule has 0 unspecified atom stereocenters. The Kier molecular flexibility index (Phi) is 2.40. The van der Waals surface area contributed by atoms with E-state index in [1.807, 2.05) is 0 Å². The summed E-state index contributed by atoms with van der Waals surface area (Å²) >= 11 is 0. The van der Waals surface area contributed by atoms with E-state index < -0.39 is 0 Å². The van der Waals surface area contributed by atoms with E-state index in [0.717, 1.165) is 11.5 Å². The number of nitrogens with zero attached hydrogens (tertiary/aromatic N) is 1. The Balaban J connectivity index is 3.00. The Morgan fingerprint density at radius 3 is 2.00 bits per heavy atom. The fraction of sp³-hybridized carbons (Fsp3) is 0.667. The van der Waals surface area contributed by atoms with Gasteiger partial charge in [0.25, 0.3) is 0 Å². The van der Waals surface area contributed by atoms with Crippen molar-refractivity contribution in [3.05, 3.63) is 11.5 Å². The van der Waals surface area contributed by atoms with Gasteiger partial charge in [0.05, 0.1) is 5.69 Å². The highest BCUT2D eigenvalue weighted by molar-refractivity contribution is 5.38.